The number of fused-ring (bicyclic) bond motifs is 1. The number of carbonyl (C=O) groups excluding carboxylic acids is 11. The van der Waals surface area contributed by atoms with Crippen molar-refractivity contribution in [3.63, 3.8) is 0 Å². The molecule has 0 radical (unpaired) electrons. The molecule has 101 heavy (non-hydrogen) atoms. The van der Waals surface area contributed by atoms with Crippen LogP contribution in [0.2, 0.25) is 0 Å². The number of nitrogens with one attached hydrogen (secondary N) is 10. The number of aromatic hydroxyl groups is 1. The lowest BCUT2D eigenvalue weighted by molar-refractivity contribution is -0.142. The lowest BCUT2D eigenvalue weighted by Gasteiger charge is -2.31. The summed E-state index contributed by atoms with van der Waals surface area (Å²) in [7, 11) is 0. The molecule has 10 atom stereocenters. The van der Waals surface area contributed by atoms with E-state index in [0.717, 1.165) is 12.1 Å². The van der Waals surface area contributed by atoms with E-state index in [4.69, 9.17) is 28.7 Å². The van der Waals surface area contributed by atoms with E-state index in [0.29, 0.717) is 35.1 Å². The summed E-state index contributed by atoms with van der Waals surface area (Å²) < 4.78 is 14.4. The van der Waals surface area contributed by atoms with Crippen molar-refractivity contribution in [1.82, 2.24) is 58.1 Å². The minimum Gasteiger partial charge on any atom is -0.508 e. The van der Waals surface area contributed by atoms with Crippen LogP contribution in [-0.2, 0) is 78.4 Å². The topological polar surface area (TPSA) is 486 Å². The summed E-state index contributed by atoms with van der Waals surface area (Å²) in [4.78, 5) is 173. The van der Waals surface area contributed by atoms with Crippen LogP contribution in [-0.4, -0.2) is 180 Å². The summed E-state index contributed by atoms with van der Waals surface area (Å²) in [5.41, 5.74) is 30.5. The average molecular weight is 1400 g/mol. The van der Waals surface area contributed by atoms with Gasteiger partial charge in [0.05, 0.1) is 6.42 Å². The van der Waals surface area contributed by atoms with E-state index in [9.17, 15) is 47.9 Å². The lowest BCUT2D eigenvalue weighted by Crippen LogP contribution is -2.62. The van der Waals surface area contributed by atoms with Gasteiger partial charge in [0.2, 0.25) is 65.0 Å². The number of amides is 11. The molecule has 0 bridgehead atoms. The van der Waals surface area contributed by atoms with Crippen LogP contribution in [0.4, 0.5) is 4.39 Å². The zero-order chi connectivity index (χ0) is 73.5. The van der Waals surface area contributed by atoms with Crippen molar-refractivity contribution >= 4 is 76.9 Å². The number of phenols is 1. The molecule has 4 aromatic carbocycles. The second kappa shape index (κ2) is 40.4. The molecule has 0 aromatic heterocycles. The maximum atomic E-state index is 15.3. The summed E-state index contributed by atoms with van der Waals surface area (Å²) >= 11 is 0. The molecule has 0 spiro atoms. The van der Waals surface area contributed by atoms with Gasteiger partial charge in [-0.2, -0.15) is 0 Å². The van der Waals surface area contributed by atoms with Crippen molar-refractivity contribution in [1.29, 1.82) is 0 Å². The molecule has 0 unspecified atom stereocenters. The maximum absolute atomic E-state index is 15.3. The van der Waals surface area contributed by atoms with Crippen LogP contribution >= 0.6 is 0 Å². The van der Waals surface area contributed by atoms with Gasteiger partial charge in [0.15, 0.2) is 11.9 Å². The zero-order valence-corrected chi connectivity index (χ0v) is 57.2. The van der Waals surface area contributed by atoms with Gasteiger partial charge in [-0.25, -0.2) is 4.39 Å². The minimum atomic E-state index is -1.77. The zero-order valence-electron chi connectivity index (χ0n) is 57.2. The fourth-order valence-electron chi connectivity index (χ4n) is 11.6. The van der Waals surface area contributed by atoms with E-state index < -0.39 is 144 Å². The molecule has 4 aromatic rings. The van der Waals surface area contributed by atoms with Gasteiger partial charge in [-0.05, 0) is 117 Å². The van der Waals surface area contributed by atoms with Crippen LogP contribution < -0.4 is 81.8 Å². The number of phenolic OH excluding ortho intramolecular Hbond substituents is 1. The summed E-state index contributed by atoms with van der Waals surface area (Å²) in [5, 5.41) is 37.4. The Balaban J connectivity index is 1.50. The predicted molar refractivity (Wildman–Crippen MR) is 375 cm³/mol. The summed E-state index contributed by atoms with van der Waals surface area (Å²) in [6.45, 7) is 5.14. The number of aliphatic imine (C=N–C) groups is 2. The van der Waals surface area contributed by atoms with E-state index in [1.54, 1.807) is 81.4 Å². The fourth-order valence-corrected chi connectivity index (χ4v) is 11.6. The Kier molecular flexibility index (Phi) is 31.7. The van der Waals surface area contributed by atoms with E-state index in [1.165, 1.54) is 41.3 Å². The quantitative estimate of drug-likeness (QED) is 0.0218. The van der Waals surface area contributed by atoms with Crippen LogP contribution in [0.15, 0.2) is 119 Å². The lowest BCUT2D eigenvalue weighted by atomic mass is 9.99. The molecule has 2 aliphatic heterocycles. The molecule has 0 saturated carbocycles. The van der Waals surface area contributed by atoms with Gasteiger partial charge in [-0.3, -0.25) is 62.7 Å². The van der Waals surface area contributed by atoms with Crippen molar-refractivity contribution in [3.8, 4) is 5.75 Å². The molecule has 546 valence electrons. The second-order valence-corrected chi connectivity index (χ2v) is 25.4. The van der Waals surface area contributed by atoms with Crippen LogP contribution in [0, 0.1) is 11.7 Å². The number of hydrogen-bond acceptors (Lipinski definition) is 15. The maximum Gasteiger partial charge on any atom is 0.246 e. The van der Waals surface area contributed by atoms with Crippen molar-refractivity contribution in [2.45, 2.75) is 171 Å². The molecule has 30 nitrogen and oxygen atoms in total. The Hall–Kier alpha value is -10.7. The molecule has 21 N–H and O–H groups in total. The van der Waals surface area contributed by atoms with E-state index >= 15 is 14.4 Å². The predicted octanol–water partition coefficient (Wildman–Crippen LogP) is -1.41. The number of carbonyl (C=O) groups is 11. The van der Waals surface area contributed by atoms with Crippen LogP contribution in [0.3, 0.4) is 0 Å². The Morgan fingerprint density at radius 2 is 0.901 bits per heavy atom. The number of hydrogen-bond donors (Lipinski definition) is 16. The number of nitrogens with zero attached hydrogens (tertiary/aromatic N) is 3. The normalized spacial score (nSPS) is 22.7. The second-order valence-electron chi connectivity index (χ2n) is 25.4. The van der Waals surface area contributed by atoms with Gasteiger partial charge in [-0.1, -0.05) is 106 Å². The first-order valence-electron chi connectivity index (χ1n) is 34.0. The van der Waals surface area contributed by atoms with Crippen molar-refractivity contribution in [2.24, 2.45) is 44.6 Å². The van der Waals surface area contributed by atoms with Crippen molar-refractivity contribution in [3.05, 3.63) is 137 Å². The van der Waals surface area contributed by atoms with E-state index in [-0.39, 0.29) is 121 Å². The summed E-state index contributed by atoms with van der Waals surface area (Å²) in [5.74, 6) is -11.7. The Morgan fingerprint density at radius 1 is 0.515 bits per heavy atom. The molecule has 11 amide bonds. The molecule has 2 saturated heterocycles. The van der Waals surface area contributed by atoms with Crippen molar-refractivity contribution < 1.29 is 62.2 Å². The van der Waals surface area contributed by atoms with Gasteiger partial charge < -0.3 is 91.8 Å². The van der Waals surface area contributed by atoms with Gasteiger partial charge in [0.25, 0.3) is 0 Å². The Morgan fingerprint density at radius 3 is 1.37 bits per heavy atom. The molecule has 0 aliphatic carbocycles. The van der Waals surface area contributed by atoms with Crippen LogP contribution in [0.1, 0.15) is 107 Å². The third-order valence-electron chi connectivity index (χ3n) is 17.0. The Labute approximate surface area is 586 Å². The first-order valence-corrected chi connectivity index (χ1v) is 34.0. The molecule has 2 heterocycles. The highest BCUT2D eigenvalue weighted by Crippen LogP contribution is 2.22. The van der Waals surface area contributed by atoms with Gasteiger partial charge in [-0.15, -0.1) is 0 Å². The smallest absolute Gasteiger partial charge is 0.246 e. The van der Waals surface area contributed by atoms with Gasteiger partial charge in [0.1, 0.15) is 72.0 Å². The van der Waals surface area contributed by atoms with Crippen molar-refractivity contribution in [2.75, 3.05) is 32.7 Å². The molecular weight excluding hydrogens is 1300 g/mol. The van der Waals surface area contributed by atoms with Gasteiger partial charge in [0, 0.05) is 51.9 Å². The number of rotatable bonds is 24. The molecule has 31 heteroatoms. The standard InChI is InChI=1S/C70H97FN18O12/c1-4-32-77-57(91)40-54-64(97)81-49(20-12-33-78-69(73)74)60(93)84-53(38-45-25-29-47(90)30-26-45)65(98)88-58(41(2)3)67(100)82-48(19-11-31-72)59(92)83-51(37-44-23-27-46(71)28-24-44)63(96)87-55(39-43-17-9-6-10-18-43)68(101)89-35-14-22-56(89)66(99)86-52(36-42-15-7-5-8-16-42)62(95)80-50(61(94)85-54)21-13-34-79-70(75)76/h5-10,15-18,23-30,41,48-56,58,90H,4,11-14,19-22,31-40,72H2,1-3H3,(H,77,91)(H,80,95)(H,81,97)(H,82,100)(H,83,92)(H,84,93)(H,85,94)(H,86,99)(H,87,96)(H,88,98)(H4,73,74,78)(H4,75,76,79)/t48-,49-,50+,51-,52-,53-,54-,55+,56-,58-/m0/s1. The highest BCUT2D eigenvalue weighted by atomic mass is 19.1. The molecular formula is C70H97FN18O12. The summed E-state index contributed by atoms with van der Waals surface area (Å²) in [6.07, 6.45) is -0.913. The Bertz CT molecular complexity index is 3510. The van der Waals surface area contributed by atoms with Crippen LogP contribution in [0.5, 0.6) is 5.75 Å². The molecule has 2 aliphatic rings. The SMILES string of the molecule is CCCNC(=O)C[C@@H]1NC(=O)[C@@H](CCCN=C(N)N)NC(=O)[C@H](Cc2ccccc2)NC(=O)[C@@H]2CCCN2C(=O)[C@@H](Cc2ccccc2)NC(=O)[C@H](Cc2ccc(F)cc2)NC(=O)[C@H](CCCN)NC(=O)[C@H](C(C)C)NC(=O)[C@H](Cc2ccc(O)cc2)NC(=O)[C@H](CCCN=C(N)N)NC1=O. The molecule has 6 rings (SSSR count). The molecule has 2 fully saturated rings. The highest BCUT2D eigenvalue weighted by Gasteiger charge is 2.42. The third kappa shape index (κ3) is 26.1. The monoisotopic (exact) mass is 1400 g/mol. The third-order valence-corrected chi connectivity index (χ3v) is 17.0. The fraction of sp³-hybridized carbons (Fsp3) is 0.471. The van der Waals surface area contributed by atoms with E-state index in [2.05, 4.69) is 63.2 Å². The first kappa shape index (κ1) is 79.3. The number of halogens is 1. The van der Waals surface area contributed by atoms with Crippen LogP contribution in [0.25, 0.3) is 0 Å². The summed E-state index contributed by atoms with van der Waals surface area (Å²) in [6, 6.07) is 13.1. The minimum absolute atomic E-state index is 0.0232. The largest absolute Gasteiger partial charge is 0.508 e. The van der Waals surface area contributed by atoms with Gasteiger partial charge >= 0.3 is 0 Å². The number of benzene rings is 4. The highest BCUT2D eigenvalue weighted by molar-refractivity contribution is 6.01. The van der Waals surface area contributed by atoms with E-state index in [1.807, 2.05) is 0 Å². The number of nitrogens with two attached hydrogens (primary N) is 5. The first-order chi connectivity index (χ1) is 48.3. The average Bonchev–Trinajstić information content (AvgIpc) is 1.78. The number of guanidine groups is 2.